The fraction of sp³-hybridized carbons (Fsp3) is 0.600. The van der Waals surface area contributed by atoms with Crippen molar-refractivity contribution in [1.29, 1.82) is 0 Å². The van der Waals surface area contributed by atoms with Crippen LogP contribution in [0.5, 0.6) is 5.75 Å². The van der Waals surface area contributed by atoms with Gasteiger partial charge in [0, 0.05) is 18.6 Å². The molecule has 2 rings (SSSR count). The van der Waals surface area contributed by atoms with E-state index in [4.69, 9.17) is 5.73 Å². The summed E-state index contributed by atoms with van der Waals surface area (Å²) < 4.78 is 28.5. The molecule has 1 saturated heterocycles. The van der Waals surface area contributed by atoms with Crippen LogP contribution in [0.3, 0.4) is 0 Å². The van der Waals surface area contributed by atoms with E-state index in [9.17, 15) is 8.78 Å². The highest BCUT2D eigenvalue weighted by Gasteiger charge is 2.25. The van der Waals surface area contributed by atoms with Crippen LogP contribution >= 0.6 is 0 Å². The average molecular weight is 284 g/mol. The molecule has 0 saturated carbocycles. The van der Waals surface area contributed by atoms with Gasteiger partial charge in [-0.15, -0.1) is 0 Å². The van der Waals surface area contributed by atoms with Crippen LogP contribution in [0.15, 0.2) is 24.3 Å². The van der Waals surface area contributed by atoms with Crippen molar-refractivity contribution in [3.05, 3.63) is 29.8 Å². The molecule has 1 aromatic carbocycles. The van der Waals surface area contributed by atoms with Crippen molar-refractivity contribution in [1.82, 2.24) is 4.90 Å². The smallest absolute Gasteiger partial charge is 0.387 e. The summed E-state index contributed by atoms with van der Waals surface area (Å²) in [6, 6.07) is 7.41. The van der Waals surface area contributed by atoms with Gasteiger partial charge in [-0.2, -0.15) is 8.78 Å². The molecule has 2 N–H and O–H groups in total. The normalized spacial score (nSPS) is 21.9. The van der Waals surface area contributed by atoms with Gasteiger partial charge in [-0.25, -0.2) is 0 Å². The van der Waals surface area contributed by atoms with Crippen molar-refractivity contribution < 1.29 is 13.5 Å². The number of likely N-dealkylation sites (tertiary alicyclic amines) is 1. The number of benzene rings is 1. The second kappa shape index (κ2) is 6.99. The van der Waals surface area contributed by atoms with Gasteiger partial charge < -0.3 is 10.5 Å². The van der Waals surface area contributed by atoms with Gasteiger partial charge in [0.25, 0.3) is 0 Å². The second-order valence-corrected chi connectivity index (χ2v) is 5.42. The van der Waals surface area contributed by atoms with E-state index in [-0.39, 0.29) is 11.8 Å². The summed E-state index contributed by atoms with van der Waals surface area (Å²) >= 11 is 0. The summed E-state index contributed by atoms with van der Waals surface area (Å²) in [6.07, 6.45) is 3.55. The molecule has 0 radical (unpaired) electrons. The minimum absolute atomic E-state index is 0.150. The number of nitrogens with two attached hydrogens (primary N) is 1. The Bertz CT molecular complexity index is 409. The highest BCUT2D eigenvalue weighted by atomic mass is 19.3. The highest BCUT2D eigenvalue weighted by Crippen LogP contribution is 2.22. The first kappa shape index (κ1) is 15.2. The Morgan fingerprint density at radius 3 is 2.60 bits per heavy atom. The summed E-state index contributed by atoms with van der Waals surface area (Å²) in [5, 5.41) is 0. The maximum atomic E-state index is 12.1. The fourth-order valence-electron chi connectivity index (χ4n) is 2.82. The predicted octanol–water partition coefficient (Wildman–Crippen LogP) is 2.99. The Kier molecular flexibility index (Phi) is 5.31. The zero-order valence-electron chi connectivity index (χ0n) is 11.8. The van der Waals surface area contributed by atoms with Gasteiger partial charge in [0.15, 0.2) is 0 Å². The molecule has 3 nitrogen and oxygen atoms in total. The standard InChI is InChI=1S/C15H22F2N2O/c1-11(18)14-4-2-3-9-19(14)10-12-5-7-13(8-6-12)20-15(16)17/h5-8,11,14-15H,2-4,9-10,18H2,1H3. The first-order chi connectivity index (χ1) is 9.56. The molecule has 1 aliphatic rings. The molecule has 1 fully saturated rings. The number of hydrogen-bond donors (Lipinski definition) is 1. The summed E-state index contributed by atoms with van der Waals surface area (Å²) in [5.41, 5.74) is 7.14. The Hall–Kier alpha value is -1.20. The van der Waals surface area contributed by atoms with Gasteiger partial charge >= 0.3 is 6.61 Å². The van der Waals surface area contributed by atoms with Gasteiger partial charge in [0.05, 0.1) is 0 Å². The molecule has 1 aromatic rings. The number of ether oxygens (including phenoxy) is 1. The SMILES string of the molecule is CC(N)C1CCCCN1Cc1ccc(OC(F)F)cc1. The molecule has 2 atom stereocenters. The van der Waals surface area contributed by atoms with E-state index in [2.05, 4.69) is 9.64 Å². The van der Waals surface area contributed by atoms with Gasteiger partial charge in [-0.05, 0) is 44.0 Å². The van der Waals surface area contributed by atoms with E-state index in [1.807, 2.05) is 19.1 Å². The first-order valence-corrected chi connectivity index (χ1v) is 7.09. The lowest BCUT2D eigenvalue weighted by Gasteiger charge is -2.38. The minimum Gasteiger partial charge on any atom is -0.435 e. The van der Waals surface area contributed by atoms with E-state index < -0.39 is 6.61 Å². The van der Waals surface area contributed by atoms with Crippen LogP contribution in [-0.2, 0) is 6.54 Å². The number of halogens is 2. The molecule has 1 aliphatic heterocycles. The van der Waals surface area contributed by atoms with E-state index in [1.165, 1.54) is 12.8 Å². The lowest BCUT2D eigenvalue weighted by atomic mass is 9.96. The lowest BCUT2D eigenvalue weighted by Crippen LogP contribution is -2.48. The average Bonchev–Trinajstić information content (AvgIpc) is 2.41. The number of rotatable bonds is 5. The molecular weight excluding hydrogens is 262 g/mol. The Morgan fingerprint density at radius 1 is 1.30 bits per heavy atom. The fourth-order valence-corrected chi connectivity index (χ4v) is 2.82. The maximum Gasteiger partial charge on any atom is 0.387 e. The lowest BCUT2D eigenvalue weighted by molar-refractivity contribution is -0.0498. The highest BCUT2D eigenvalue weighted by molar-refractivity contribution is 5.27. The zero-order chi connectivity index (χ0) is 14.5. The monoisotopic (exact) mass is 284 g/mol. The number of nitrogens with zero attached hydrogens (tertiary/aromatic N) is 1. The van der Waals surface area contributed by atoms with Crippen LogP contribution in [0.1, 0.15) is 31.7 Å². The second-order valence-electron chi connectivity index (χ2n) is 5.42. The molecule has 0 amide bonds. The molecule has 112 valence electrons. The molecule has 2 unspecified atom stereocenters. The van der Waals surface area contributed by atoms with Gasteiger partial charge in [0.2, 0.25) is 0 Å². The third-order valence-corrected chi connectivity index (χ3v) is 3.81. The van der Waals surface area contributed by atoms with Crippen molar-refractivity contribution in [3.63, 3.8) is 0 Å². The minimum atomic E-state index is -2.77. The van der Waals surface area contributed by atoms with Crippen LogP contribution in [-0.4, -0.2) is 30.1 Å². The van der Waals surface area contributed by atoms with Crippen LogP contribution < -0.4 is 10.5 Å². The van der Waals surface area contributed by atoms with Gasteiger partial charge in [-0.3, -0.25) is 4.90 Å². The summed E-state index contributed by atoms with van der Waals surface area (Å²) in [6.45, 7) is 1.12. The molecule has 5 heteroatoms. The van der Waals surface area contributed by atoms with Crippen molar-refractivity contribution in [2.75, 3.05) is 6.54 Å². The summed E-state index contributed by atoms with van der Waals surface area (Å²) in [7, 11) is 0. The van der Waals surface area contributed by atoms with Crippen molar-refractivity contribution in [3.8, 4) is 5.75 Å². The molecule has 1 heterocycles. The van der Waals surface area contributed by atoms with Crippen LogP contribution in [0, 0.1) is 0 Å². The number of alkyl halides is 2. The molecular formula is C15H22F2N2O. The summed E-state index contributed by atoms with van der Waals surface area (Å²) in [5.74, 6) is 0.200. The van der Waals surface area contributed by atoms with Crippen molar-refractivity contribution in [2.24, 2.45) is 5.73 Å². The quantitative estimate of drug-likeness (QED) is 0.903. The largest absolute Gasteiger partial charge is 0.435 e. The molecule has 0 aromatic heterocycles. The Balaban J connectivity index is 1.97. The zero-order valence-corrected chi connectivity index (χ0v) is 11.8. The molecule has 0 aliphatic carbocycles. The van der Waals surface area contributed by atoms with E-state index >= 15 is 0 Å². The molecule has 0 spiro atoms. The Morgan fingerprint density at radius 2 is 2.00 bits per heavy atom. The van der Waals surface area contributed by atoms with Gasteiger partial charge in [-0.1, -0.05) is 18.6 Å². The van der Waals surface area contributed by atoms with E-state index in [0.717, 1.165) is 25.1 Å². The molecule has 0 bridgehead atoms. The van der Waals surface area contributed by atoms with E-state index in [1.54, 1.807) is 12.1 Å². The van der Waals surface area contributed by atoms with Crippen molar-refractivity contribution >= 4 is 0 Å². The Labute approximate surface area is 118 Å². The maximum absolute atomic E-state index is 12.1. The first-order valence-electron chi connectivity index (χ1n) is 7.09. The number of piperidine rings is 1. The van der Waals surface area contributed by atoms with Gasteiger partial charge in [0.1, 0.15) is 5.75 Å². The van der Waals surface area contributed by atoms with Crippen LogP contribution in [0.25, 0.3) is 0 Å². The van der Waals surface area contributed by atoms with E-state index in [0.29, 0.717) is 6.04 Å². The van der Waals surface area contributed by atoms with Crippen LogP contribution in [0.4, 0.5) is 8.78 Å². The molecule has 20 heavy (non-hydrogen) atoms. The predicted molar refractivity (Wildman–Crippen MR) is 74.8 cm³/mol. The topological polar surface area (TPSA) is 38.5 Å². The summed E-state index contributed by atoms with van der Waals surface area (Å²) in [4.78, 5) is 2.39. The van der Waals surface area contributed by atoms with Crippen molar-refractivity contribution in [2.45, 2.75) is 51.4 Å². The number of hydrogen-bond acceptors (Lipinski definition) is 3. The van der Waals surface area contributed by atoms with Crippen LogP contribution in [0.2, 0.25) is 0 Å². The third-order valence-electron chi connectivity index (χ3n) is 3.81. The third kappa shape index (κ3) is 4.15.